The second-order valence-corrected chi connectivity index (χ2v) is 10.8. The van der Waals surface area contributed by atoms with Crippen LogP contribution >= 0.6 is 34.8 Å². The lowest BCUT2D eigenvalue weighted by Crippen LogP contribution is -2.38. The quantitative estimate of drug-likeness (QED) is 0.351. The number of rotatable bonds is 7. The molecule has 0 atom stereocenters. The zero-order valence-corrected chi connectivity index (χ0v) is 22.0. The number of hydrogen-bond acceptors (Lipinski definition) is 4. The van der Waals surface area contributed by atoms with Gasteiger partial charge in [-0.3, -0.25) is 9.10 Å². The Morgan fingerprint density at radius 2 is 1.59 bits per heavy atom. The Balaban J connectivity index is 2.06. The van der Waals surface area contributed by atoms with E-state index in [1.165, 1.54) is 25.3 Å². The summed E-state index contributed by atoms with van der Waals surface area (Å²) in [4.78, 5) is 13.0. The fraction of sp³-hybridized carbons (Fsp3) is 0.208. The summed E-state index contributed by atoms with van der Waals surface area (Å²) in [5.41, 5.74) is 3.14. The summed E-state index contributed by atoms with van der Waals surface area (Å²) in [6, 6.07) is 12.8. The molecule has 0 aliphatic carbocycles. The lowest BCUT2D eigenvalue weighted by Gasteiger charge is -2.26. The first-order valence-electron chi connectivity index (χ1n) is 10.1. The predicted octanol–water partition coefficient (Wildman–Crippen LogP) is 6.41. The number of sulfonamides is 1. The highest BCUT2D eigenvalue weighted by Crippen LogP contribution is 2.34. The molecule has 0 saturated heterocycles. The molecule has 0 aliphatic rings. The summed E-state index contributed by atoms with van der Waals surface area (Å²) in [6.45, 7) is 5.04. The number of halogens is 3. The van der Waals surface area contributed by atoms with Crippen molar-refractivity contribution in [1.82, 2.24) is 0 Å². The average Bonchev–Trinajstić information content (AvgIpc) is 2.77. The smallest absolute Gasteiger partial charge is 0.268 e. The van der Waals surface area contributed by atoms with Crippen molar-refractivity contribution in [2.45, 2.75) is 25.7 Å². The van der Waals surface area contributed by atoms with Gasteiger partial charge in [-0.2, -0.15) is 0 Å². The van der Waals surface area contributed by atoms with Gasteiger partial charge in [-0.05, 0) is 73.9 Å². The van der Waals surface area contributed by atoms with Gasteiger partial charge in [-0.25, -0.2) is 8.42 Å². The first kappa shape index (κ1) is 26.2. The number of anilines is 2. The van der Waals surface area contributed by atoms with Gasteiger partial charge in [-0.1, -0.05) is 46.9 Å². The van der Waals surface area contributed by atoms with Crippen LogP contribution in [-0.4, -0.2) is 28.0 Å². The van der Waals surface area contributed by atoms with Crippen molar-refractivity contribution >= 4 is 62.1 Å². The van der Waals surface area contributed by atoms with Crippen LogP contribution in [0, 0.1) is 20.8 Å². The van der Waals surface area contributed by atoms with Crippen LogP contribution in [-0.2, 0) is 14.8 Å². The fourth-order valence-corrected chi connectivity index (χ4v) is 5.49. The van der Waals surface area contributed by atoms with Crippen LogP contribution in [0.25, 0.3) is 0 Å². The number of carbonyl (C=O) groups excluding carboxylic acids is 1. The first-order valence-corrected chi connectivity index (χ1v) is 12.7. The molecule has 10 heteroatoms. The number of nitrogens with zero attached hydrogens (tertiary/aromatic N) is 1. The van der Waals surface area contributed by atoms with Gasteiger partial charge < -0.3 is 10.1 Å². The minimum absolute atomic E-state index is 0.0476. The standard InChI is InChI=1S/C24H23Cl3N2O4S/c1-14-5-8-22(33-4)23(9-14)34(31,32)29(17-7-6-15(2)16(3)10-17)13-24(30)28-21-12-19(26)18(25)11-20(21)27/h5-12H,13H2,1-4H3,(H,28,30). The van der Waals surface area contributed by atoms with E-state index in [4.69, 9.17) is 39.5 Å². The zero-order valence-electron chi connectivity index (χ0n) is 18.9. The maximum atomic E-state index is 13.8. The van der Waals surface area contributed by atoms with Gasteiger partial charge in [0.15, 0.2) is 0 Å². The Morgan fingerprint density at radius 1 is 0.912 bits per heavy atom. The van der Waals surface area contributed by atoms with E-state index >= 15 is 0 Å². The highest BCUT2D eigenvalue weighted by atomic mass is 35.5. The summed E-state index contributed by atoms with van der Waals surface area (Å²) in [5.74, 6) is -0.443. The summed E-state index contributed by atoms with van der Waals surface area (Å²) in [7, 11) is -2.80. The molecule has 0 bridgehead atoms. The molecule has 0 unspecified atom stereocenters. The molecule has 3 aromatic rings. The molecule has 0 aliphatic heterocycles. The van der Waals surface area contributed by atoms with E-state index in [0.717, 1.165) is 21.0 Å². The van der Waals surface area contributed by atoms with E-state index < -0.39 is 22.5 Å². The molecule has 0 saturated carbocycles. The average molecular weight is 542 g/mol. The van der Waals surface area contributed by atoms with Crippen molar-refractivity contribution in [2.24, 2.45) is 0 Å². The SMILES string of the molecule is COc1ccc(C)cc1S(=O)(=O)N(CC(=O)Nc1cc(Cl)c(Cl)cc1Cl)c1ccc(C)c(C)c1. The van der Waals surface area contributed by atoms with Crippen molar-refractivity contribution in [1.29, 1.82) is 0 Å². The number of benzene rings is 3. The van der Waals surface area contributed by atoms with E-state index in [1.807, 2.05) is 13.8 Å². The molecular formula is C24H23Cl3N2O4S. The molecule has 0 radical (unpaired) electrons. The van der Waals surface area contributed by atoms with Crippen LogP contribution in [0.4, 0.5) is 11.4 Å². The maximum Gasteiger partial charge on any atom is 0.268 e. The van der Waals surface area contributed by atoms with Gasteiger partial charge in [0.1, 0.15) is 17.2 Å². The number of ether oxygens (including phenoxy) is 1. The number of hydrogen-bond donors (Lipinski definition) is 1. The molecule has 0 spiro atoms. The van der Waals surface area contributed by atoms with E-state index in [2.05, 4.69) is 5.32 Å². The topological polar surface area (TPSA) is 75.7 Å². The molecular weight excluding hydrogens is 519 g/mol. The summed E-state index contributed by atoms with van der Waals surface area (Å²) in [5, 5.41) is 3.22. The molecule has 3 rings (SSSR count). The Morgan fingerprint density at radius 3 is 2.24 bits per heavy atom. The Labute approximate surface area is 214 Å². The van der Waals surface area contributed by atoms with Crippen molar-refractivity contribution < 1.29 is 17.9 Å². The molecule has 0 heterocycles. The first-order chi connectivity index (χ1) is 15.9. The van der Waals surface area contributed by atoms with Crippen LogP contribution in [0.2, 0.25) is 15.1 Å². The van der Waals surface area contributed by atoms with Gasteiger partial charge in [0.05, 0.1) is 33.6 Å². The van der Waals surface area contributed by atoms with Crippen molar-refractivity contribution in [3.05, 3.63) is 80.3 Å². The maximum absolute atomic E-state index is 13.8. The van der Waals surface area contributed by atoms with Crippen LogP contribution < -0.4 is 14.4 Å². The second kappa shape index (κ2) is 10.4. The molecule has 34 heavy (non-hydrogen) atoms. The van der Waals surface area contributed by atoms with Crippen molar-refractivity contribution in [3.8, 4) is 5.75 Å². The third-order valence-corrected chi connectivity index (χ3v) is 8.07. The van der Waals surface area contributed by atoms with E-state index in [-0.39, 0.29) is 31.4 Å². The highest BCUT2D eigenvalue weighted by Gasteiger charge is 2.30. The molecule has 180 valence electrons. The minimum atomic E-state index is -4.19. The molecule has 0 fully saturated rings. The predicted molar refractivity (Wildman–Crippen MR) is 138 cm³/mol. The monoisotopic (exact) mass is 540 g/mol. The highest BCUT2D eigenvalue weighted by molar-refractivity contribution is 7.93. The molecule has 1 amide bonds. The van der Waals surface area contributed by atoms with Gasteiger partial charge >= 0.3 is 0 Å². The Bertz CT molecular complexity index is 1360. The second-order valence-electron chi connectivity index (χ2n) is 7.73. The summed E-state index contributed by atoms with van der Waals surface area (Å²) >= 11 is 18.2. The lowest BCUT2D eigenvalue weighted by molar-refractivity contribution is -0.114. The number of methoxy groups -OCH3 is 1. The number of nitrogens with one attached hydrogen (secondary N) is 1. The number of aryl methyl sites for hydroxylation is 3. The van der Waals surface area contributed by atoms with E-state index in [1.54, 1.807) is 37.3 Å². The van der Waals surface area contributed by atoms with Crippen LogP contribution in [0.3, 0.4) is 0 Å². The molecule has 3 aromatic carbocycles. The fourth-order valence-electron chi connectivity index (χ4n) is 3.24. The summed E-state index contributed by atoms with van der Waals surface area (Å²) < 4.78 is 34.0. The van der Waals surface area contributed by atoms with Crippen LogP contribution in [0.15, 0.2) is 53.4 Å². The normalized spacial score (nSPS) is 11.3. The largest absolute Gasteiger partial charge is 0.495 e. The van der Waals surface area contributed by atoms with Crippen LogP contribution in [0.1, 0.15) is 16.7 Å². The third kappa shape index (κ3) is 5.61. The zero-order chi connectivity index (χ0) is 25.2. The minimum Gasteiger partial charge on any atom is -0.495 e. The van der Waals surface area contributed by atoms with Gasteiger partial charge in [0.2, 0.25) is 5.91 Å². The number of amides is 1. The van der Waals surface area contributed by atoms with Crippen molar-refractivity contribution in [2.75, 3.05) is 23.3 Å². The van der Waals surface area contributed by atoms with E-state index in [9.17, 15) is 13.2 Å². The molecule has 6 nitrogen and oxygen atoms in total. The number of carbonyl (C=O) groups is 1. The van der Waals surface area contributed by atoms with Gasteiger partial charge in [0, 0.05) is 0 Å². The third-order valence-electron chi connectivity index (χ3n) is 5.24. The van der Waals surface area contributed by atoms with Gasteiger partial charge in [0.25, 0.3) is 10.0 Å². The molecule has 0 aromatic heterocycles. The van der Waals surface area contributed by atoms with Gasteiger partial charge in [-0.15, -0.1) is 0 Å². The summed E-state index contributed by atoms with van der Waals surface area (Å²) in [6.07, 6.45) is 0. The van der Waals surface area contributed by atoms with Crippen molar-refractivity contribution in [3.63, 3.8) is 0 Å². The van der Waals surface area contributed by atoms with Crippen LogP contribution in [0.5, 0.6) is 5.75 Å². The molecule has 1 N–H and O–H groups in total. The lowest BCUT2D eigenvalue weighted by atomic mass is 10.1. The van der Waals surface area contributed by atoms with E-state index in [0.29, 0.717) is 5.69 Å². The Hall–Kier alpha value is -2.45. The Kier molecular flexibility index (Phi) is 8.03.